The van der Waals surface area contributed by atoms with Crippen LogP contribution in [0.1, 0.15) is 33.3 Å². The summed E-state index contributed by atoms with van der Waals surface area (Å²) < 4.78 is 13.8. The zero-order valence-electron chi connectivity index (χ0n) is 10.9. The minimum Gasteiger partial charge on any atom is -0.312 e. The molecule has 0 aliphatic rings. The average Bonchev–Trinajstić information content (AvgIpc) is 2.21. The first-order valence-electron chi connectivity index (χ1n) is 6.10. The summed E-state index contributed by atoms with van der Waals surface area (Å²) in [5, 5.41) is 3.50. The van der Waals surface area contributed by atoms with Crippen LogP contribution in [0, 0.1) is 11.7 Å². The number of rotatable bonds is 5. The molecule has 0 saturated carbocycles. The van der Waals surface area contributed by atoms with Crippen molar-refractivity contribution in [2.24, 2.45) is 5.92 Å². The molecule has 0 amide bonds. The van der Waals surface area contributed by atoms with Crippen molar-refractivity contribution in [2.45, 2.75) is 46.2 Å². The third-order valence-corrected chi connectivity index (χ3v) is 3.74. The fraction of sp³-hybridized carbons (Fsp3) is 0.571. The molecule has 0 aliphatic carbocycles. The molecule has 0 spiro atoms. The van der Waals surface area contributed by atoms with E-state index in [0.717, 1.165) is 16.5 Å². The standard InChI is InChI=1S/C14H21BrFN/c1-9(2)17-11(4)10(3)7-12-5-6-13(16)8-14(12)15/h5-6,8-11,17H,7H2,1-4H3. The third kappa shape index (κ3) is 4.76. The van der Waals surface area contributed by atoms with Gasteiger partial charge in [-0.3, -0.25) is 0 Å². The van der Waals surface area contributed by atoms with Gasteiger partial charge in [-0.1, -0.05) is 42.8 Å². The van der Waals surface area contributed by atoms with Gasteiger partial charge in [0.15, 0.2) is 0 Å². The molecule has 1 N–H and O–H groups in total. The van der Waals surface area contributed by atoms with Gasteiger partial charge in [-0.2, -0.15) is 0 Å². The summed E-state index contributed by atoms with van der Waals surface area (Å²) in [6, 6.07) is 5.85. The van der Waals surface area contributed by atoms with Gasteiger partial charge in [0, 0.05) is 16.6 Å². The molecule has 96 valence electrons. The second kappa shape index (κ2) is 6.50. The maximum absolute atomic E-state index is 13.0. The normalized spacial score (nSPS) is 15.0. The van der Waals surface area contributed by atoms with E-state index in [1.54, 1.807) is 0 Å². The maximum Gasteiger partial charge on any atom is 0.124 e. The second-order valence-electron chi connectivity index (χ2n) is 5.03. The zero-order valence-corrected chi connectivity index (χ0v) is 12.5. The van der Waals surface area contributed by atoms with Gasteiger partial charge in [-0.05, 0) is 37.0 Å². The quantitative estimate of drug-likeness (QED) is 0.861. The van der Waals surface area contributed by atoms with Gasteiger partial charge in [0.2, 0.25) is 0 Å². The second-order valence-corrected chi connectivity index (χ2v) is 5.88. The molecule has 0 saturated heterocycles. The molecule has 17 heavy (non-hydrogen) atoms. The molecular weight excluding hydrogens is 281 g/mol. The van der Waals surface area contributed by atoms with E-state index in [0.29, 0.717) is 18.0 Å². The summed E-state index contributed by atoms with van der Waals surface area (Å²) in [5.41, 5.74) is 1.16. The van der Waals surface area contributed by atoms with Crippen LogP contribution in [0.3, 0.4) is 0 Å². The molecule has 0 aliphatic heterocycles. The van der Waals surface area contributed by atoms with Crippen molar-refractivity contribution in [3.63, 3.8) is 0 Å². The van der Waals surface area contributed by atoms with Crippen LogP contribution in [0.15, 0.2) is 22.7 Å². The van der Waals surface area contributed by atoms with Crippen molar-refractivity contribution in [2.75, 3.05) is 0 Å². The first kappa shape index (κ1) is 14.7. The molecule has 1 rings (SSSR count). The van der Waals surface area contributed by atoms with Crippen molar-refractivity contribution < 1.29 is 4.39 Å². The van der Waals surface area contributed by atoms with Crippen LogP contribution < -0.4 is 5.32 Å². The Kier molecular flexibility index (Phi) is 5.60. The highest BCUT2D eigenvalue weighted by molar-refractivity contribution is 9.10. The third-order valence-electron chi connectivity index (χ3n) is 3.01. The molecule has 0 heterocycles. The molecule has 3 heteroatoms. The fourth-order valence-corrected chi connectivity index (χ4v) is 2.41. The summed E-state index contributed by atoms with van der Waals surface area (Å²) >= 11 is 3.42. The van der Waals surface area contributed by atoms with E-state index < -0.39 is 0 Å². The van der Waals surface area contributed by atoms with Crippen LogP contribution >= 0.6 is 15.9 Å². The van der Waals surface area contributed by atoms with Gasteiger partial charge in [-0.15, -0.1) is 0 Å². The minimum absolute atomic E-state index is 0.193. The Morgan fingerprint density at radius 3 is 2.41 bits per heavy atom. The fourth-order valence-electron chi connectivity index (χ4n) is 1.90. The van der Waals surface area contributed by atoms with E-state index in [9.17, 15) is 4.39 Å². The minimum atomic E-state index is -0.193. The van der Waals surface area contributed by atoms with Crippen molar-refractivity contribution in [1.82, 2.24) is 5.32 Å². The van der Waals surface area contributed by atoms with Gasteiger partial charge in [0.05, 0.1) is 0 Å². The molecule has 0 aromatic heterocycles. The van der Waals surface area contributed by atoms with Crippen molar-refractivity contribution in [3.05, 3.63) is 34.1 Å². The molecule has 1 aromatic rings. The smallest absolute Gasteiger partial charge is 0.124 e. The first-order chi connectivity index (χ1) is 7.90. The summed E-state index contributed by atoms with van der Waals surface area (Å²) in [7, 11) is 0. The Morgan fingerprint density at radius 1 is 1.24 bits per heavy atom. The summed E-state index contributed by atoms with van der Waals surface area (Å²) in [6.07, 6.45) is 0.946. The largest absolute Gasteiger partial charge is 0.312 e. The molecule has 0 fully saturated rings. The summed E-state index contributed by atoms with van der Waals surface area (Å²) in [4.78, 5) is 0. The first-order valence-corrected chi connectivity index (χ1v) is 6.89. The van der Waals surface area contributed by atoms with E-state index in [1.165, 1.54) is 12.1 Å². The Hall–Kier alpha value is -0.410. The van der Waals surface area contributed by atoms with Crippen LogP contribution in [-0.4, -0.2) is 12.1 Å². The highest BCUT2D eigenvalue weighted by atomic mass is 79.9. The van der Waals surface area contributed by atoms with E-state index in [2.05, 4.69) is 48.9 Å². The van der Waals surface area contributed by atoms with Crippen molar-refractivity contribution in [3.8, 4) is 0 Å². The summed E-state index contributed by atoms with van der Waals surface area (Å²) in [6.45, 7) is 8.71. The monoisotopic (exact) mass is 301 g/mol. The van der Waals surface area contributed by atoms with Gasteiger partial charge in [-0.25, -0.2) is 4.39 Å². The Bertz CT molecular complexity index is 365. The highest BCUT2D eigenvalue weighted by Gasteiger charge is 2.14. The van der Waals surface area contributed by atoms with Crippen LogP contribution in [-0.2, 0) is 6.42 Å². The maximum atomic E-state index is 13.0. The summed E-state index contributed by atoms with van der Waals surface area (Å²) in [5.74, 6) is 0.320. The lowest BCUT2D eigenvalue weighted by Crippen LogP contribution is -2.37. The van der Waals surface area contributed by atoms with Crippen LogP contribution in [0.4, 0.5) is 4.39 Å². The lowest BCUT2D eigenvalue weighted by molar-refractivity contribution is 0.371. The van der Waals surface area contributed by atoms with Crippen LogP contribution in [0.5, 0.6) is 0 Å². The molecule has 2 atom stereocenters. The Balaban J connectivity index is 2.64. The van der Waals surface area contributed by atoms with Gasteiger partial charge in [0.1, 0.15) is 5.82 Å². The number of hydrogen-bond acceptors (Lipinski definition) is 1. The number of halogens is 2. The Labute approximate surface area is 112 Å². The number of hydrogen-bond donors (Lipinski definition) is 1. The van der Waals surface area contributed by atoms with E-state index in [-0.39, 0.29) is 5.82 Å². The molecule has 0 bridgehead atoms. The van der Waals surface area contributed by atoms with Gasteiger partial charge >= 0.3 is 0 Å². The van der Waals surface area contributed by atoms with E-state index in [4.69, 9.17) is 0 Å². The van der Waals surface area contributed by atoms with E-state index >= 15 is 0 Å². The molecule has 0 radical (unpaired) electrons. The lowest BCUT2D eigenvalue weighted by atomic mass is 9.94. The number of nitrogens with one attached hydrogen (secondary N) is 1. The van der Waals surface area contributed by atoms with E-state index in [1.807, 2.05) is 6.07 Å². The van der Waals surface area contributed by atoms with Crippen LogP contribution in [0.25, 0.3) is 0 Å². The number of benzene rings is 1. The van der Waals surface area contributed by atoms with Gasteiger partial charge < -0.3 is 5.32 Å². The highest BCUT2D eigenvalue weighted by Crippen LogP contribution is 2.22. The molecule has 1 nitrogen and oxygen atoms in total. The van der Waals surface area contributed by atoms with Gasteiger partial charge in [0.25, 0.3) is 0 Å². The predicted molar refractivity (Wildman–Crippen MR) is 74.7 cm³/mol. The SMILES string of the molecule is CC(C)NC(C)C(C)Cc1ccc(F)cc1Br. The lowest BCUT2D eigenvalue weighted by Gasteiger charge is -2.24. The molecule has 2 unspecified atom stereocenters. The predicted octanol–water partition coefficient (Wildman–Crippen LogP) is 4.15. The zero-order chi connectivity index (χ0) is 13.0. The molecular formula is C14H21BrFN. The molecule has 1 aromatic carbocycles. The Morgan fingerprint density at radius 2 is 1.88 bits per heavy atom. The topological polar surface area (TPSA) is 12.0 Å². The van der Waals surface area contributed by atoms with Crippen molar-refractivity contribution in [1.29, 1.82) is 0 Å². The van der Waals surface area contributed by atoms with Crippen LogP contribution in [0.2, 0.25) is 0 Å². The van der Waals surface area contributed by atoms with Crippen molar-refractivity contribution >= 4 is 15.9 Å². The average molecular weight is 302 g/mol.